The first-order valence-electron chi connectivity index (χ1n) is 5.49. The van der Waals surface area contributed by atoms with Gasteiger partial charge in [-0.15, -0.1) is 0 Å². The van der Waals surface area contributed by atoms with E-state index in [1.54, 1.807) is 23.9 Å². The third kappa shape index (κ3) is 4.77. The van der Waals surface area contributed by atoms with Crippen molar-refractivity contribution in [3.63, 3.8) is 0 Å². The zero-order chi connectivity index (χ0) is 12.7. The van der Waals surface area contributed by atoms with Crippen molar-refractivity contribution in [1.82, 2.24) is 5.43 Å². The molecule has 4 N–H and O–H groups in total. The van der Waals surface area contributed by atoms with Crippen LogP contribution in [0.3, 0.4) is 0 Å². The molecule has 0 aliphatic heterocycles. The van der Waals surface area contributed by atoms with Gasteiger partial charge >= 0.3 is 0 Å². The van der Waals surface area contributed by atoms with Crippen molar-refractivity contribution in [3.05, 3.63) is 35.4 Å². The number of nitrogen functional groups attached to an aromatic ring is 1. The van der Waals surface area contributed by atoms with Gasteiger partial charge in [0, 0.05) is 23.2 Å². The van der Waals surface area contributed by atoms with Gasteiger partial charge in [-0.05, 0) is 24.1 Å². The van der Waals surface area contributed by atoms with Crippen LogP contribution in [0.4, 0.5) is 0 Å². The fourth-order valence-corrected chi connectivity index (χ4v) is 2.28. The van der Waals surface area contributed by atoms with Crippen molar-refractivity contribution < 1.29 is 9.90 Å². The lowest BCUT2D eigenvalue weighted by Gasteiger charge is -2.09. The van der Waals surface area contributed by atoms with Crippen LogP contribution in [0.2, 0.25) is 0 Å². The quantitative estimate of drug-likeness (QED) is 0.406. The summed E-state index contributed by atoms with van der Waals surface area (Å²) in [6, 6.07) is 7.36. The van der Waals surface area contributed by atoms with E-state index >= 15 is 0 Å². The molecular formula is C12H18N2O2S. The maximum atomic E-state index is 11.2. The summed E-state index contributed by atoms with van der Waals surface area (Å²) in [6.07, 6.45) is 0.804. The minimum Gasteiger partial charge on any atom is -0.396 e. The average molecular weight is 254 g/mol. The van der Waals surface area contributed by atoms with Gasteiger partial charge in [-0.25, -0.2) is 5.84 Å². The number of hydrogen-bond donors (Lipinski definition) is 3. The highest BCUT2D eigenvalue weighted by Gasteiger charge is 2.05. The SMILES string of the molecule is CC(CCO)SCc1ccc(C(=O)NN)cc1. The van der Waals surface area contributed by atoms with Gasteiger partial charge < -0.3 is 5.11 Å². The van der Waals surface area contributed by atoms with Gasteiger partial charge in [-0.1, -0.05) is 19.1 Å². The Morgan fingerprint density at radius 1 is 1.47 bits per heavy atom. The summed E-state index contributed by atoms with van der Waals surface area (Å²) in [5, 5.41) is 9.23. The Morgan fingerprint density at radius 3 is 2.65 bits per heavy atom. The van der Waals surface area contributed by atoms with Crippen molar-refractivity contribution in [2.24, 2.45) is 5.84 Å². The number of rotatable bonds is 6. The van der Waals surface area contributed by atoms with Gasteiger partial charge in [0.15, 0.2) is 0 Å². The van der Waals surface area contributed by atoms with Crippen molar-refractivity contribution in [2.75, 3.05) is 6.61 Å². The Bertz CT molecular complexity index is 354. The first kappa shape index (κ1) is 14.0. The number of hydrogen-bond acceptors (Lipinski definition) is 4. The van der Waals surface area contributed by atoms with Crippen molar-refractivity contribution >= 4 is 17.7 Å². The predicted octanol–water partition coefficient (Wildman–Crippen LogP) is 1.29. The van der Waals surface area contributed by atoms with Crippen LogP contribution in [0.5, 0.6) is 0 Å². The molecule has 1 rings (SSSR count). The van der Waals surface area contributed by atoms with Crippen molar-refractivity contribution in [3.8, 4) is 0 Å². The van der Waals surface area contributed by atoms with E-state index in [2.05, 4.69) is 12.3 Å². The molecule has 1 unspecified atom stereocenters. The fourth-order valence-electron chi connectivity index (χ4n) is 1.34. The molecule has 0 saturated carbocycles. The van der Waals surface area contributed by atoms with Crippen LogP contribution in [0.15, 0.2) is 24.3 Å². The molecule has 5 heteroatoms. The maximum Gasteiger partial charge on any atom is 0.265 e. The fraction of sp³-hybridized carbons (Fsp3) is 0.417. The normalized spacial score (nSPS) is 12.2. The molecule has 0 heterocycles. The van der Waals surface area contributed by atoms with Crippen molar-refractivity contribution in [1.29, 1.82) is 0 Å². The molecule has 1 aromatic carbocycles. The van der Waals surface area contributed by atoms with E-state index in [0.717, 1.165) is 17.7 Å². The molecule has 1 aromatic rings. The van der Waals surface area contributed by atoms with E-state index in [-0.39, 0.29) is 12.5 Å². The molecule has 0 aliphatic carbocycles. The van der Waals surface area contributed by atoms with E-state index in [1.807, 2.05) is 12.1 Å². The van der Waals surface area contributed by atoms with Crippen LogP contribution >= 0.6 is 11.8 Å². The Hall–Kier alpha value is -1.04. The number of benzene rings is 1. The number of carbonyl (C=O) groups is 1. The van der Waals surface area contributed by atoms with E-state index in [1.165, 1.54) is 0 Å². The van der Waals surface area contributed by atoms with Crippen LogP contribution in [0, 0.1) is 0 Å². The van der Waals surface area contributed by atoms with E-state index in [0.29, 0.717) is 10.8 Å². The molecule has 0 saturated heterocycles. The van der Waals surface area contributed by atoms with Gasteiger partial charge in [-0.3, -0.25) is 10.2 Å². The molecular weight excluding hydrogens is 236 g/mol. The van der Waals surface area contributed by atoms with Gasteiger partial charge in [-0.2, -0.15) is 11.8 Å². The highest BCUT2D eigenvalue weighted by molar-refractivity contribution is 7.99. The van der Waals surface area contributed by atoms with Gasteiger partial charge in [0.1, 0.15) is 0 Å². The van der Waals surface area contributed by atoms with Gasteiger partial charge in [0.25, 0.3) is 5.91 Å². The first-order valence-corrected chi connectivity index (χ1v) is 6.54. The highest BCUT2D eigenvalue weighted by atomic mass is 32.2. The maximum absolute atomic E-state index is 11.2. The van der Waals surface area contributed by atoms with Crippen LogP contribution in [0.25, 0.3) is 0 Å². The number of aliphatic hydroxyl groups is 1. The number of carbonyl (C=O) groups excluding carboxylic acids is 1. The third-order valence-electron chi connectivity index (χ3n) is 2.42. The van der Waals surface area contributed by atoms with E-state index in [9.17, 15) is 4.79 Å². The number of nitrogens with one attached hydrogen (secondary N) is 1. The van der Waals surface area contributed by atoms with Crippen LogP contribution in [0.1, 0.15) is 29.3 Å². The standard InChI is InChI=1S/C12H18N2O2S/c1-9(6-7-15)17-8-10-2-4-11(5-3-10)12(16)14-13/h2-5,9,15H,6-8,13H2,1H3,(H,14,16). The summed E-state index contributed by atoms with van der Waals surface area (Å²) in [7, 11) is 0. The summed E-state index contributed by atoms with van der Waals surface area (Å²) in [5.41, 5.74) is 3.82. The Kier molecular flexibility index (Phi) is 6.04. The zero-order valence-electron chi connectivity index (χ0n) is 9.85. The molecule has 0 spiro atoms. The zero-order valence-corrected chi connectivity index (χ0v) is 10.7. The molecule has 1 amide bonds. The van der Waals surface area contributed by atoms with E-state index < -0.39 is 0 Å². The largest absolute Gasteiger partial charge is 0.396 e. The molecule has 4 nitrogen and oxygen atoms in total. The molecule has 0 fully saturated rings. The lowest BCUT2D eigenvalue weighted by atomic mass is 10.1. The monoisotopic (exact) mass is 254 g/mol. The third-order valence-corrected chi connectivity index (χ3v) is 3.72. The second-order valence-corrected chi connectivity index (χ2v) is 5.23. The topological polar surface area (TPSA) is 75.3 Å². The second-order valence-electron chi connectivity index (χ2n) is 3.80. The Morgan fingerprint density at radius 2 is 2.12 bits per heavy atom. The molecule has 17 heavy (non-hydrogen) atoms. The molecule has 1 atom stereocenters. The number of hydrazine groups is 1. The van der Waals surface area contributed by atoms with Crippen LogP contribution in [-0.4, -0.2) is 22.9 Å². The summed E-state index contributed by atoms with van der Waals surface area (Å²) < 4.78 is 0. The minimum atomic E-state index is -0.280. The van der Waals surface area contributed by atoms with Crippen LogP contribution in [-0.2, 0) is 5.75 Å². The summed E-state index contributed by atoms with van der Waals surface area (Å²) in [5.74, 6) is 5.65. The number of thioether (sulfide) groups is 1. The summed E-state index contributed by atoms with van der Waals surface area (Å²) >= 11 is 1.79. The molecule has 0 aliphatic rings. The average Bonchev–Trinajstić information content (AvgIpc) is 2.36. The van der Waals surface area contributed by atoms with Crippen molar-refractivity contribution in [2.45, 2.75) is 24.3 Å². The first-order chi connectivity index (χ1) is 8.17. The molecule has 0 radical (unpaired) electrons. The lowest BCUT2D eigenvalue weighted by molar-refractivity contribution is 0.0953. The van der Waals surface area contributed by atoms with Crippen LogP contribution < -0.4 is 11.3 Å². The van der Waals surface area contributed by atoms with Gasteiger partial charge in [0.2, 0.25) is 0 Å². The Balaban J connectivity index is 2.48. The number of nitrogens with two attached hydrogens (primary N) is 1. The second kappa shape index (κ2) is 7.32. The highest BCUT2D eigenvalue weighted by Crippen LogP contribution is 2.19. The van der Waals surface area contributed by atoms with Gasteiger partial charge in [0.05, 0.1) is 0 Å². The lowest BCUT2D eigenvalue weighted by Crippen LogP contribution is -2.29. The van der Waals surface area contributed by atoms with E-state index in [4.69, 9.17) is 10.9 Å². The molecule has 0 bridgehead atoms. The number of amides is 1. The Labute approximate surface area is 106 Å². The smallest absolute Gasteiger partial charge is 0.265 e. The summed E-state index contributed by atoms with van der Waals surface area (Å²) in [4.78, 5) is 11.2. The molecule has 94 valence electrons. The minimum absolute atomic E-state index is 0.226. The predicted molar refractivity (Wildman–Crippen MR) is 70.6 cm³/mol. The summed E-state index contributed by atoms with van der Waals surface area (Å²) in [6.45, 7) is 2.32. The molecule has 0 aromatic heterocycles. The number of aliphatic hydroxyl groups excluding tert-OH is 1.